The van der Waals surface area contributed by atoms with Gasteiger partial charge in [0.25, 0.3) is 11.5 Å². The van der Waals surface area contributed by atoms with E-state index in [0.29, 0.717) is 33.9 Å². The van der Waals surface area contributed by atoms with Crippen LogP contribution in [0.1, 0.15) is 28.2 Å². The number of rotatable bonds is 4. The summed E-state index contributed by atoms with van der Waals surface area (Å²) in [6.07, 6.45) is 1.70. The molecule has 0 saturated carbocycles. The topological polar surface area (TPSA) is 78.1 Å². The Morgan fingerprint density at radius 1 is 1.15 bits per heavy atom. The molecule has 0 aliphatic carbocycles. The van der Waals surface area contributed by atoms with E-state index in [-0.39, 0.29) is 17.3 Å². The van der Waals surface area contributed by atoms with Crippen LogP contribution >= 0.6 is 11.6 Å². The van der Waals surface area contributed by atoms with Crippen molar-refractivity contribution in [1.82, 2.24) is 9.97 Å². The first-order valence-electron chi connectivity index (χ1n) is 10.6. The molecule has 3 aromatic carbocycles. The highest BCUT2D eigenvalue weighted by atomic mass is 35.5. The third-order valence-corrected chi connectivity index (χ3v) is 5.99. The van der Waals surface area contributed by atoms with E-state index < -0.39 is 0 Å². The number of aromatic amines is 1. The number of hydrogen-bond acceptors (Lipinski definition) is 4. The Balaban J connectivity index is 1.42. The molecule has 6 nitrogen and oxygen atoms in total. The minimum Gasteiger partial charge on any atom is -0.364 e. The molecule has 2 N–H and O–H groups in total. The molecule has 2 heterocycles. The highest BCUT2D eigenvalue weighted by Crippen LogP contribution is 2.33. The molecule has 0 atom stereocenters. The zero-order valence-electron chi connectivity index (χ0n) is 17.6. The zero-order valence-corrected chi connectivity index (χ0v) is 18.3. The normalized spacial score (nSPS) is 13.1. The van der Waals surface area contributed by atoms with Crippen molar-refractivity contribution in [3.05, 3.63) is 98.8 Å². The summed E-state index contributed by atoms with van der Waals surface area (Å²) in [6, 6.07) is 16.3. The van der Waals surface area contributed by atoms with E-state index in [1.165, 1.54) is 24.3 Å². The lowest BCUT2D eigenvalue weighted by Gasteiger charge is -2.32. The standard InChI is InChI=1S/C25H20ClFN4O2/c26-16-8-11-21-19(13-16)25(33)30-23(28-21)14-31-12-2-3-18-20(4-1-5-22(18)31)29-24(32)15-6-9-17(27)10-7-15/h1,4-11,13H,2-3,12,14H2,(H,29,32)(H,28,30,33). The van der Waals surface area contributed by atoms with Gasteiger partial charge >= 0.3 is 0 Å². The van der Waals surface area contributed by atoms with Gasteiger partial charge in [0.2, 0.25) is 0 Å². The van der Waals surface area contributed by atoms with E-state index in [1.807, 2.05) is 18.2 Å². The zero-order chi connectivity index (χ0) is 22.9. The summed E-state index contributed by atoms with van der Waals surface area (Å²) in [4.78, 5) is 34.8. The van der Waals surface area contributed by atoms with E-state index in [1.54, 1.807) is 18.2 Å². The number of aromatic nitrogens is 2. The number of halogens is 2. The van der Waals surface area contributed by atoms with Crippen LogP contribution in [0, 0.1) is 5.82 Å². The molecule has 1 aromatic heterocycles. The highest BCUT2D eigenvalue weighted by molar-refractivity contribution is 6.31. The average molecular weight is 463 g/mol. The Morgan fingerprint density at radius 3 is 2.79 bits per heavy atom. The first kappa shape index (κ1) is 21.2. The first-order chi connectivity index (χ1) is 16.0. The number of nitrogens with one attached hydrogen (secondary N) is 2. The van der Waals surface area contributed by atoms with Crippen molar-refractivity contribution in [2.24, 2.45) is 0 Å². The van der Waals surface area contributed by atoms with Gasteiger partial charge in [-0.1, -0.05) is 17.7 Å². The Labute approximate surface area is 194 Å². The van der Waals surface area contributed by atoms with Crippen LogP contribution in [0.5, 0.6) is 0 Å². The second-order valence-corrected chi connectivity index (χ2v) is 8.40. The average Bonchev–Trinajstić information content (AvgIpc) is 2.81. The summed E-state index contributed by atoms with van der Waals surface area (Å²) < 4.78 is 13.2. The first-order valence-corrected chi connectivity index (χ1v) is 11.0. The summed E-state index contributed by atoms with van der Waals surface area (Å²) in [6.45, 7) is 1.22. The van der Waals surface area contributed by atoms with Crippen LogP contribution in [-0.4, -0.2) is 22.4 Å². The van der Waals surface area contributed by atoms with Crippen molar-refractivity contribution in [1.29, 1.82) is 0 Å². The third-order valence-electron chi connectivity index (χ3n) is 5.76. The predicted molar refractivity (Wildman–Crippen MR) is 128 cm³/mol. The lowest BCUT2D eigenvalue weighted by Crippen LogP contribution is -2.31. The van der Waals surface area contributed by atoms with Crippen molar-refractivity contribution in [3.8, 4) is 0 Å². The van der Waals surface area contributed by atoms with E-state index in [9.17, 15) is 14.0 Å². The maximum absolute atomic E-state index is 13.2. The smallest absolute Gasteiger partial charge is 0.258 e. The maximum Gasteiger partial charge on any atom is 0.258 e. The van der Waals surface area contributed by atoms with Gasteiger partial charge in [0.15, 0.2) is 0 Å². The number of benzene rings is 3. The number of fused-ring (bicyclic) bond motifs is 2. The Bertz CT molecular complexity index is 1420. The number of anilines is 2. The molecule has 0 bridgehead atoms. The molecule has 0 saturated heterocycles. The van der Waals surface area contributed by atoms with Crippen molar-refractivity contribution < 1.29 is 9.18 Å². The van der Waals surface area contributed by atoms with Gasteiger partial charge in [0, 0.05) is 28.5 Å². The molecule has 8 heteroatoms. The molecule has 1 aliphatic rings. The molecule has 5 rings (SSSR count). The largest absolute Gasteiger partial charge is 0.364 e. The van der Waals surface area contributed by atoms with Gasteiger partial charge in [0.05, 0.1) is 17.4 Å². The number of amides is 1. The molecule has 0 radical (unpaired) electrons. The van der Waals surface area contributed by atoms with Gasteiger partial charge in [-0.2, -0.15) is 0 Å². The van der Waals surface area contributed by atoms with Crippen LogP contribution < -0.4 is 15.8 Å². The molecule has 166 valence electrons. The number of H-pyrrole nitrogens is 1. The van der Waals surface area contributed by atoms with Crippen LogP contribution in [-0.2, 0) is 13.0 Å². The lowest BCUT2D eigenvalue weighted by molar-refractivity contribution is 0.102. The molecular formula is C25H20ClFN4O2. The van der Waals surface area contributed by atoms with Crippen molar-refractivity contribution in [2.45, 2.75) is 19.4 Å². The quantitative estimate of drug-likeness (QED) is 0.451. The molecule has 0 fully saturated rings. The number of carbonyl (C=O) groups is 1. The van der Waals surface area contributed by atoms with E-state index in [0.717, 1.165) is 36.3 Å². The van der Waals surface area contributed by atoms with Crippen LogP contribution in [0.3, 0.4) is 0 Å². The fourth-order valence-electron chi connectivity index (χ4n) is 4.19. The molecule has 0 spiro atoms. The second kappa shape index (κ2) is 8.67. The minimum atomic E-state index is -0.386. The van der Waals surface area contributed by atoms with Gasteiger partial charge in [-0.05, 0) is 73.0 Å². The molecule has 1 amide bonds. The number of nitrogens with zero attached hydrogens (tertiary/aromatic N) is 2. The fraction of sp³-hybridized carbons (Fsp3) is 0.160. The van der Waals surface area contributed by atoms with Gasteiger partial charge in [-0.3, -0.25) is 9.59 Å². The summed E-state index contributed by atoms with van der Waals surface area (Å²) in [5, 5.41) is 3.90. The van der Waals surface area contributed by atoms with E-state index in [2.05, 4.69) is 20.2 Å². The summed E-state index contributed by atoms with van der Waals surface area (Å²) in [7, 11) is 0. The SMILES string of the molecule is O=C(Nc1cccc2c1CCCN2Cc1nc2ccc(Cl)cc2c(=O)[nH]1)c1ccc(F)cc1. The Hall–Kier alpha value is -3.71. The van der Waals surface area contributed by atoms with Crippen LogP contribution in [0.15, 0.2) is 65.5 Å². The van der Waals surface area contributed by atoms with Crippen LogP contribution in [0.4, 0.5) is 15.8 Å². The van der Waals surface area contributed by atoms with Gasteiger partial charge in [-0.15, -0.1) is 0 Å². The molecular weight excluding hydrogens is 443 g/mol. The van der Waals surface area contributed by atoms with Gasteiger partial charge in [-0.25, -0.2) is 9.37 Å². The monoisotopic (exact) mass is 462 g/mol. The van der Waals surface area contributed by atoms with Crippen LogP contribution in [0.2, 0.25) is 5.02 Å². The van der Waals surface area contributed by atoms with Crippen LogP contribution in [0.25, 0.3) is 10.9 Å². The van der Waals surface area contributed by atoms with Gasteiger partial charge in [0.1, 0.15) is 11.6 Å². The number of carbonyl (C=O) groups excluding carboxylic acids is 1. The molecule has 1 aliphatic heterocycles. The lowest BCUT2D eigenvalue weighted by atomic mass is 9.99. The second-order valence-electron chi connectivity index (χ2n) is 7.96. The Morgan fingerprint density at radius 2 is 1.97 bits per heavy atom. The highest BCUT2D eigenvalue weighted by Gasteiger charge is 2.21. The van der Waals surface area contributed by atoms with E-state index >= 15 is 0 Å². The minimum absolute atomic E-state index is 0.227. The van der Waals surface area contributed by atoms with Crippen molar-refractivity contribution >= 4 is 39.8 Å². The van der Waals surface area contributed by atoms with Crippen molar-refractivity contribution in [3.63, 3.8) is 0 Å². The predicted octanol–water partition coefficient (Wildman–Crippen LogP) is 4.92. The van der Waals surface area contributed by atoms with Gasteiger partial charge < -0.3 is 15.2 Å². The van der Waals surface area contributed by atoms with E-state index in [4.69, 9.17) is 11.6 Å². The summed E-state index contributed by atoms with van der Waals surface area (Å²) in [5.74, 6) is -0.120. The Kier molecular flexibility index (Phi) is 5.56. The summed E-state index contributed by atoms with van der Waals surface area (Å²) >= 11 is 6.00. The maximum atomic E-state index is 13.2. The molecule has 33 heavy (non-hydrogen) atoms. The molecule has 4 aromatic rings. The molecule has 0 unspecified atom stereocenters. The van der Waals surface area contributed by atoms with Crippen molar-refractivity contribution in [2.75, 3.05) is 16.8 Å². The summed E-state index contributed by atoms with van der Waals surface area (Å²) in [5.41, 5.74) is 3.48. The fourth-order valence-corrected chi connectivity index (χ4v) is 4.37. The number of hydrogen-bond donors (Lipinski definition) is 2. The third kappa shape index (κ3) is 4.32.